The predicted molar refractivity (Wildman–Crippen MR) is 80.0 cm³/mol. The summed E-state index contributed by atoms with van der Waals surface area (Å²) in [6, 6.07) is 9.96. The van der Waals surface area contributed by atoms with Crippen LogP contribution in [0.1, 0.15) is 28.4 Å². The lowest BCUT2D eigenvalue weighted by Crippen LogP contribution is -2.20. The van der Waals surface area contributed by atoms with E-state index < -0.39 is 6.10 Å². The van der Waals surface area contributed by atoms with Crippen LogP contribution in [0.4, 0.5) is 0 Å². The van der Waals surface area contributed by atoms with Gasteiger partial charge in [-0.25, -0.2) is 0 Å². The number of phenols is 1. The van der Waals surface area contributed by atoms with Gasteiger partial charge in [0.15, 0.2) is 5.78 Å². The van der Waals surface area contributed by atoms with Crippen molar-refractivity contribution in [3.63, 3.8) is 0 Å². The first-order valence-corrected chi connectivity index (χ1v) is 6.86. The summed E-state index contributed by atoms with van der Waals surface area (Å²) in [4.78, 5) is 12.3. The number of hydrogen-bond acceptors (Lipinski definition) is 5. The molecule has 0 amide bonds. The van der Waals surface area contributed by atoms with Crippen LogP contribution in [0.5, 0.6) is 23.0 Å². The summed E-state index contributed by atoms with van der Waals surface area (Å²) in [7, 11) is 3.08. The number of ether oxygens (including phenoxy) is 3. The number of methoxy groups -OCH3 is 2. The van der Waals surface area contributed by atoms with Gasteiger partial charge in [0.05, 0.1) is 26.2 Å². The maximum atomic E-state index is 12.3. The van der Waals surface area contributed by atoms with E-state index in [4.69, 9.17) is 14.2 Å². The Bertz CT molecular complexity index is 723. The Morgan fingerprint density at radius 2 is 1.86 bits per heavy atom. The van der Waals surface area contributed by atoms with Crippen molar-refractivity contribution in [3.05, 3.63) is 47.5 Å². The summed E-state index contributed by atoms with van der Waals surface area (Å²) in [6.45, 7) is 0. The SMILES string of the molecule is COc1cc(O)cc(C2CC(=O)c3ccc(OC)cc3O2)c1. The van der Waals surface area contributed by atoms with E-state index in [1.54, 1.807) is 37.4 Å². The van der Waals surface area contributed by atoms with Gasteiger partial charge < -0.3 is 19.3 Å². The van der Waals surface area contributed by atoms with Gasteiger partial charge in [0.1, 0.15) is 29.1 Å². The molecule has 0 radical (unpaired) electrons. The Hall–Kier alpha value is -2.69. The fraction of sp³-hybridized carbons (Fsp3) is 0.235. The molecule has 0 aromatic heterocycles. The average Bonchev–Trinajstić information content (AvgIpc) is 2.53. The fourth-order valence-electron chi connectivity index (χ4n) is 2.53. The third kappa shape index (κ3) is 2.57. The second-order valence-electron chi connectivity index (χ2n) is 5.06. The smallest absolute Gasteiger partial charge is 0.170 e. The molecule has 5 nitrogen and oxygen atoms in total. The van der Waals surface area contributed by atoms with Crippen molar-refractivity contribution < 1.29 is 24.1 Å². The number of benzene rings is 2. The lowest BCUT2D eigenvalue weighted by Gasteiger charge is -2.26. The number of hydrogen-bond donors (Lipinski definition) is 1. The minimum absolute atomic E-state index is 0.00351. The summed E-state index contributed by atoms with van der Waals surface area (Å²) in [6.07, 6.45) is -0.250. The predicted octanol–water partition coefficient (Wildman–Crippen LogP) is 3.12. The normalized spacial score (nSPS) is 16.6. The molecule has 0 bridgehead atoms. The standard InChI is InChI=1S/C17H16O5/c1-20-12-3-4-14-15(19)9-16(22-17(14)8-12)10-5-11(18)7-13(6-10)21-2/h3-8,16,18H,9H2,1-2H3. The topological polar surface area (TPSA) is 65.0 Å². The minimum Gasteiger partial charge on any atom is -0.508 e. The van der Waals surface area contributed by atoms with E-state index in [9.17, 15) is 9.90 Å². The summed E-state index contributed by atoms with van der Waals surface area (Å²) in [5, 5.41) is 9.76. The van der Waals surface area contributed by atoms with Crippen LogP contribution in [0.25, 0.3) is 0 Å². The van der Waals surface area contributed by atoms with Crippen molar-refractivity contribution in [1.82, 2.24) is 0 Å². The number of Topliss-reactive ketones (excluding diaryl/α,β-unsaturated/α-hetero) is 1. The van der Waals surface area contributed by atoms with Crippen molar-refractivity contribution in [2.24, 2.45) is 0 Å². The molecular formula is C17H16O5. The van der Waals surface area contributed by atoms with E-state index in [2.05, 4.69) is 0 Å². The van der Waals surface area contributed by atoms with Gasteiger partial charge in [-0.2, -0.15) is 0 Å². The van der Waals surface area contributed by atoms with Gasteiger partial charge in [-0.15, -0.1) is 0 Å². The molecule has 1 unspecified atom stereocenters. The van der Waals surface area contributed by atoms with Crippen molar-refractivity contribution in [1.29, 1.82) is 0 Å². The third-order valence-corrected chi connectivity index (χ3v) is 3.65. The Morgan fingerprint density at radius 1 is 1.09 bits per heavy atom. The summed E-state index contributed by atoms with van der Waals surface area (Å²) in [5.41, 5.74) is 1.24. The molecule has 1 N–H and O–H groups in total. The van der Waals surface area contributed by atoms with E-state index in [1.165, 1.54) is 13.2 Å². The van der Waals surface area contributed by atoms with Gasteiger partial charge >= 0.3 is 0 Å². The molecule has 0 saturated carbocycles. The molecule has 0 saturated heterocycles. The van der Waals surface area contributed by atoms with Crippen LogP contribution in [0.2, 0.25) is 0 Å². The molecule has 2 aromatic carbocycles. The number of carbonyl (C=O) groups excluding carboxylic acids is 1. The lowest BCUT2D eigenvalue weighted by molar-refractivity contribution is 0.0848. The monoisotopic (exact) mass is 300 g/mol. The third-order valence-electron chi connectivity index (χ3n) is 3.65. The molecule has 5 heteroatoms. The van der Waals surface area contributed by atoms with Gasteiger partial charge in [0.25, 0.3) is 0 Å². The van der Waals surface area contributed by atoms with E-state index >= 15 is 0 Å². The minimum atomic E-state index is -0.465. The molecule has 3 rings (SSSR count). The number of phenolic OH excluding ortho intramolecular Hbond substituents is 1. The van der Waals surface area contributed by atoms with E-state index in [-0.39, 0.29) is 18.0 Å². The van der Waals surface area contributed by atoms with Crippen LogP contribution in [-0.4, -0.2) is 25.1 Å². The highest BCUT2D eigenvalue weighted by Crippen LogP contribution is 2.38. The maximum Gasteiger partial charge on any atom is 0.170 e. The first-order chi connectivity index (χ1) is 10.6. The average molecular weight is 300 g/mol. The Balaban J connectivity index is 1.97. The zero-order valence-electron chi connectivity index (χ0n) is 12.3. The van der Waals surface area contributed by atoms with Crippen molar-refractivity contribution in [3.8, 4) is 23.0 Å². The largest absolute Gasteiger partial charge is 0.508 e. The zero-order valence-corrected chi connectivity index (χ0v) is 12.3. The molecule has 1 aliphatic heterocycles. The molecule has 1 heterocycles. The Morgan fingerprint density at radius 3 is 2.59 bits per heavy atom. The molecule has 0 spiro atoms. The second kappa shape index (κ2) is 5.60. The van der Waals surface area contributed by atoms with Crippen LogP contribution in [0.15, 0.2) is 36.4 Å². The Labute approximate surface area is 128 Å². The summed E-state index contributed by atoms with van der Waals surface area (Å²) >= 11 is 0. The van der Waals surface area contributed by atoms with Crippen LogP contribution in [0, 0.1) is 0 Å². The second-order valence-corrected chi connectivity index (χ2v) is 5.06. The zero-order chi connectivity index (χ0) is 15.7. The molecule has 22 heavy (non-hydrogen) atoms. The first kappa shape index (κ1) is 14.3. The maximum absolute atomic E-state index is 12.3. The van der Waals surface area contributed by atoms with Crippen molar-refractivity contribution >= 4 is 5.78 Å². The molecule has 0 aliphatic carbocycles. The fourth-order valence-corrected chi connectivity index (χ4v) is 2.53. The summed E-state index contributed by atoms with van der Waals surface area (Å²) in [5.74, 6) is 1.70. The molecular weight excluding hydrogens is 284 g/mol. The van der Waals surface area contributed by atoms with Crippen LogP contribution >= 0.6 is 0 Å². The highest BCUT2D eigenvalue weighted by atomic mass is 16.5. The first-order valence-electron chi connectivity index (χ1n) is 6.86. The van der Waals surface area contributed by atoms with Crippen LogP contribution in [-0.2, 0) is 0 Å². The van der Waals surface area contributed by atoms with Gasteiger partial charge in [0.2, 0.25) is 0 Å². The molecule has 0 fully saturated rings. The quantitative estimate of drug-likeness (QED) is 0.943. The number of rotatable bonds is 3. The highest BCUT2D eigenvalue weighted by Gasteiger charge is 2.28. The number of aromatic hydroxyl groups is 1. The molecule has 114 valence electrons. The number of carbonyl (C=O) groups is 1. The molecule has 2 aromatic rings. The number of fused-ring (bicyclic) bond motifs is 1. The molecule has 1 aliphatic rings. The number of ketones is 1. The van der Waals surface area contributed by atoms with Crippen molar-refractivity contribution in [2.75, 3.05) is 14.2 Å². The van der Waals surface area contributed by atoms with Gasteiger partial charge in [-0.3, -0.25) is 4.79 Å². The highest BCUT2D eigenvalue weighted by molar-refractivity contribution is 6.00. The molecule has 1 atom stereocenters. The van der Waals surface area contributed by atoms with Gasteiger partial charge in [-0.05, 0) is 24.3 Å². The van der Waals surface area contributed by atoms with E-state index in [0.29, 0.717) is 28.4 Å². The van der Waals surface area contributed by atoms with E-state index in [1.807, 2.05) is 0 Å². The van der Waals surface area contributed by atoms with E-state index in [0.717, 1.165) is 0 Å². The van der Waals surface area contributed by atoms with Crippen LogP contribution < -0.4 is 14.2 Å². The van der Waals surface area contributed by atoms with Crippen molar-refractivity contribution in [2.45, 2.75) is 12.5 Å². The van der Waals surface area contributed by atoms with Gasteiger partial charge in [0, 0.05) is 17.7 Å². The van der Waals surface area contributed by atoms with Gasteiger partial charge in [-0.1, -0.05) is 0 Å². The Kier molecular flexibility index (Phi) is 3.63. The van der Waals surface area contributed by atoms with Crippen LogP contribution in [0.3, 0.4) is 0 Å². The lowest BCUT2D eigenvalue weighted by atomic mass is 9.96. The summed E-state index contributed by atoms with van der Waals surface area (Å²) < 4.78 is 16.2.